The number of nitrogens with zero attached hydrogens (tertiary/aromatic N) is 2. The highest BCUT2D eigenvalue weighted by Crippen LogP contribution is 2.33. The number of carbonyl (C=O) groups is 1. The largest absolute Gasteiger partial charge is 0.327 e. The molecule has 0 spiro atoms. The summed E-state index contributed by atoms with van der Waals surface area (Å²) in [7, 11) is 1.31. The van der Waals surface area contributed by atoms with Gasteiger partial charge in [-0.05, 0) is 24.6 Å². The van der Waals surface area contributed by atoms with Crippen molar-refractivity contribution in [2.75, 3.05) is 11.0 Å². The molecule has 4 nitrogen and oxygen atoms in total. The van der Waals surface area contributed by atoms with Crippen LogP contribution in [0.3, 0.4) is 0 Å². The number of benzene rings is 1. The van der Waals surface area contributed by atoms with Gasteiger partial charge in [0.25, 0.3) is 0 Å². The number of carbonyl (C=O) groups excluding carboxylic acids is 1. The number of fused-ring (bicyclic) bond motifs is 1. The van der Waals surface area contributed by atoms with Crippen LogP contribution in [0.25, 0.3) is 10.9 Å². The van der Waals surface area contributed by atoms with E-state index in [1.54, 1.807) is 28.4 Å². The van der Waals surface area contributed by atoms with Gasteiger partial charge in [-0.25, -0.2) is 4.39 Å². The summed E-state index contributed by atoms with van der Waals surface area (Å²) in [5.74, 6) is -0.736. The molecule has 0 aliphatic rings. The lowest BCUT2D eigenvalue weighted by molar-refractivity contribution is 0.103. The third-order valence-electron chi connectivity index (χ3n) is 3.13. The highest BCUT2D eigenvalue weighted by molar-refractivity contribution is 14.2. The van der Waals surface area contributed by atoms with Crippen LogP contribution in [0.15, 0.2) is 29.8 Å². The van der Waals surface area contributed by atoms with E-state index in [0.717, 1.165) is 5.52 Å². The summed E-state index contributed by atoms with van der Waals surface area (Å²) in [6.45, 7) is 1.86. The molecule has 8 heteroatoms. The zero-order valence-electron chi connectivity index (χ0n) is 12.4. The minimum absolute atomic E-state index is 0.102. The zero-order chi connectivity index (χ0) is 17.0. The number of allylic oxidation sites excluding steroid dienone is 2. The Balaban J connectivity index is 2.64. The number of nitrogens with one attached hydrogen (secondary N) is 1. The molecule has 2 rings (SSSR count). The van der Waals surface area contributed by atoms with E-state index in [0.29, 0.717) is 23.2 Å². The Hall–Kier alpha value is -1.18. The van der Waals surface area contributed by atoms with Crippen LogP contribution in [0, 0.1) is 17.1 Å². The molecule has 120 valence electrons. The topological polar surface area (TPSA) is 57.8 Å². The van der Waals surface area contributed by atoms with Crippen molar-refractivity contribution in [3.05, 3.63) is 41.4 Å². The van der Waals surface area contributed by atoms with Gasteiger partial charge >= 0.3 is 0 Å². The third-order valence-corrected chi connectivity index (χ3v) is 5.27. The molecular formula is C15H13FIN3OS2. The van der Waals surface area contributed by atoms with E-state index in [-0.39, 0.29) is 17.2 Å². The van der Waals surface area contributed by atoms with Crippen molar-refractivity contribution in [1.29, 1.82) is 5.26 Å². The maximum atomic E-state index is 14.1. The lowest BCUT2D eigenvalue weighted by Gasteiger charge is -2.07. The van der Waals surface area contributed by atoms with E-state index in [4.69, 9.17) is 5.26 Å². The van der Waals surface area contributed by atoms with E-state index >= 15 is 0 Å². The van der Waals surface area contributed by atoms with Crippen molar-refractivity contribution in [1.82, 2.24) is 3.97 Å². The van der Waals surface area contributed by atoms with E-state index in [2.05, 4.69) is 25.9 Å². The molecule has 1 aromatic carbocycles. The van der Waals surface area contributed by atoms with Crippen LogP contribution >= 0.6 is 42.3 Å². The summed E-state index contributed by atoms with van der Waals surface area (Å²) in [5.41, 5.74) is 1.55. The van der Waals surface area contributed by atoms with Crippen LogP contribution in [-0.4, -0.2) is 16.0 Å². The van der Waals surface area contributed by atoms with Crippen molar-refractivity contribution < 1.29 is 9.18 Å². The van der Waals surface area contributed by atoms with Crippen molar-refractivity contribution in [2.45, 2.75) is 13.3 Å². The molecule has 0 aliphatic heterocycles. The van der Waals surface area contributed by atoms with Crippen molar-refractivity contribution in [2.24, 2.45) is 0 Å². The van der Waals surface area contributed by atoms with Crippen LogP contribution < -0.4 is 4.72 Å². The van der Waals surface area contributed by atoms with E-state index in [1.807, 2.05) is 13.0 Å². The van der Waals surface area contributed by atoms with Gasteiger partial charge in [-0.15, -0.1) is 0 Å². The van der Waals surface area contributed by atoms with Crippen LogP contribution in [-0.2, 0) is 0 Å². The van der Waals surface area contributed by atoms with Crippen LogP contribution in [0.4, 0.5) is 10.1 Å². The molecule has 0 radical (unpaired) electrons. The minimum atomic E-state index is -0.383. The number of aromatic nitrogens is 1. The Kier molecular flexibility index (Phi) is 6.38. The summed E-state index contributed by atoms with van der Waals surface area (Å²) in [6, 6.07) is 6.62. The van der Waals surface area contributed by atoms with Gasteiger partial charge in [0.2, 0.25) is 5.78 Å². The summed E-state index contributed by atoms with van der Waals surface area (Å²) in [6.07, 6.45) is 4.01. The fourth-order valence-corrected chi connectivity index (χ4v) is 4.25. The predicted molar refractivity (Wildman–Crippen MR) is 104 cm³/mol. The normalized spacial score (nSPS) is 11.5. The first-order chi connectivity index (χ1) is 11.1. The summed E-state index contributed by atoms with van der Waals surface area (Å²) < 4.78 is 18.6. The fraction of sp³-hybridized carbons (Fsp3) is 0.200. The summed E-state index contributed by atoms with van der Waals surface area (Å²) >= 11 is 3.35. The van der Waals surface area contributed by atoms with Gasteiger partial charge in [-0.1, -0.05) is 24.9 Å². The summed E-state index contributed by atoms with van der Waals surface area (Å²) in [5, 5.41) is 9.78. The second-order valence-electron chi connectivity index (χ2n) is 4.56. The molecule has 0 bridgehead atoms. The Bertz CT molecular complexity index is 826. The van der Waals surface area contributed by atoms with Gasteiger partial charge in [0.15, 0.2) is 0 Å². The Morgan fingerprint density at radius 3 is 2.83 bits per heavy atom. The van der Waals surface area contributed by atoms with E-state index in [9.17, 15) is 9.18 Å². The zero-order valence-corrected chi connectivity index (χ0v) is 16.2. The Morgan fingerprint density at radius 2 is 2.26 bits per heavy atom. The molecule has 0 aliphatic carbocycles. The molecule has 0 saturated heterocycles. The van der Waals surface area contributed by atoms with Gasteiger partial charge in [-0.2, -0.15) is 5.26 Å². The molecule has 23 heavy (non-hydrogen) atoms. The van der Waals surface area contributed by atoms with Gasteiger partial charge in [-0.3, -0.25) is 8.77 Å². The first kappa shape index (κ1) is 18.2. The highest BCUT2D eigenvalue weighted by Gasteiger charge is 2.20. The van der Waals surface area contributed by atoms with E-state index < -0.39 is 0 Å². The molecule has 0 saturated carbocycles. The maximum Gasteiger partial charge on any atom is 0.220 e. The molecule has 1 heterocycles. The van der Waals surface area contributed by atoms with Gasteiger partial charge in [0, 0.05) is 42.0 Å². The SMILES string of the molecule is CC/C=C(\C#N)C(=O)c1cc2cc(F)c(NSC)cc2n1SI. The first-order valence-corrected chi connectivity index (χ1v) is 11.2. The number of rotatable bonds is 6. The third kappa shape index (κ3) is 3.67. The maximum absolute atomic E-state index is 14.1. The molecule has 0 atom stereocenters. The van der Waals surface area contributed by atoms with Crippen LogP contribution in [0.2, 0.25) is 0 Å². The number of hydrogen-bond acceptors (Lipinski definition) is 5. The smallest absolute Gasteiger partial charge is 0.220 e. The van der Waals surface area contributed by atoms with Crippen molar-refractivity contribution in [3.8, 4) is 6.07 Å². The lowest BCUT2D eigenvalue weighted by atomic mass is 10.1. The molecule has 1 N–H and O–H groups in total. The molecule has 1 aromatic heterocycles. The number of anilines is 1. The number of ketones is 1. The second-order valence-corrected chi connectivity index (χ2v) is 6.85. The Morgan fingerprint density at radius 1 is 1.52 bits per heavy atom. The van der Waals surface area contributed by atoms with Crippen LogP contribution in [0.1, 0.15) is 23.8 Å². The van der Waals surface area contributed by atoms with Crippen molar-refractivity contribution in [3.63, 3.8) is 0 Å². The molecule has 0 amide bonds. The van der Waals surface area contributed by atoms with Gasteiger partial charge in [0.05, 0.1) is 16.8 Å². The van der Waals surface area contributed by atoms with E-state index in [1.165, 1.54) is 27.1 Å². The molecule has 0 fully saturated rings. The first-order valence-electron chi connectivity index (χ1n) is 6.65. The van der Waals surface area contributed by atoms with Crippen molar-refractivity contribution >= 4 is 64.6 Å². The number of hydrogen-bond donors (Lipinski definition) is 1. The average molecular weight is 461 g/mol. The van der Waals surface area contributed by atoms with Gasteiger partial charge < -0.3 is 4.72 Å². The number of Topliss-reactive ketones (excluding diaryl/α,β-unsaturated/α-hetero) is 1. The predicted octanol–water partition coefficient (Wildman–Crippen LogP) is 5.36. The lowest BCUT2D eigenvalue weighted by Crippen LogP contribution is -2.06. The minimum Gasteiger partial charge on any atom is -0.327 e. The quantitative estimate of drug-likeness (QED) is 0.206. The molecule has 2 aromatic rings. The number of nitriles is 1. The highest BCUT2D eigenvalue weighted by atomic mass is 127. The molecular weight excluding hydrogens is 448 g/mol. The van der Waals surface area contributed by atoms with Gasteiger partial charge in [0.1, 0.15) is 17.6 Å². The Labute approximate surface area is 154 Å². The number of halogens is 2. The molecule has 0 unspecified atom stereocenters. The second kappa shape index (κ2) is 8.08. The van der Waals surface area contributed by atoms with Crippen LogP contribution in [0.5, 0.6) is 0 Å². The monoisotopic (exact) mass is 461 g/mol. The standard InChI is InChI=1S/C15H13FIN3OS2/c1-3-4-9(8-18)15(21)14-6-10-5-11(16)12(19-22-2)7-13(10)20(14)23-17/h4-7,19H,3H2,1-2H3/b9-4+. The fourth-order valence-electron chi connectivity index (χ4n) is 2.16. The average Bonchev–Trinajstić information content (AvgIpc) is 2.89. The summed E-state index contributed by atoms with van der Waals surface area (Å²) in [4.78, 5) is 12.6.